The molecule has 27 heavy (non-hydrogen) atoms. The fraction of sp³-hybridized carbons (Fsp3) is 0.190. The Hall–Kier alpha value is -3.28. The van der Waals surface area contributed by atoms with E-state index in [9.17, 15) is 9.18 Å². The van der Waals surface area contributed by atoms with Crippen molar-refractivity contribution in [1.82, 2.24) is 15.3 Å². The molecular weight excluding hydrogens is 343 g/mol. The molecule has 2 aromatic carbocycles. The second kappa shape index (κ2) is 8.40. The van der Waals surface area contributed by atoms with Gasteiger partial charge in [-0.15, -0.1) is 0 Å². The SMILES string of the molecule is CCC(C)NC(=O)c1cccc(Nc2ncc(-c3cccc(F)c3)cn2)c1. The van der Waals surface area contributed by atoms with Gasteiger partial charge in [-0.1, -0.05) is 25.1 Å². The number of aromatic nitrogens is 2. The molecular formula is C21H21FN4O. The summed E-state index contributed by atoms with van der Waals surface area (Å²) in [5.74, 6) is -0.0211. The van der Waals surface area contributed by atoms with Crippen LogP contribution in [0.15, 0.2) is 60.9 Å². The number of halogens is 1. The normalized spacial score (nSPS) is 11.7. The Morgan fingerprint density at radius 3 is 2.52 bits per heavy atom. The Labute approximate surface area is 157 Å². The van der Waals surface area contributed by atoms with Crippen LogP contribution in [-0.4, -0.2) is 21.9 Å². The van der Waals surface area contributed by atoms with E-state index in [4.69, 9.17) is 0 Å². The van der Waals surface area contributed by atoms with E-state index in [0.717, 1.165) is 12.0 Å². The summed E-state index contributed by atoms with van der Waals surface area (Å²) < 4.78 is 13.3. The van der Waals surface area contributed by atoms with Crippen molar-refractivity contribution in [1.29, 1.82) is 0 Å². The van der Waals surface area contributed by atoms with Gasteiger partial charge in [0.1, 0.15) is 5.82 Å². The molecule has 0 bridgehead atoms. The lowest BCUT2D eigenvalue weighted by atomic mass is 10.1. The van der Waals surface area contributed by atoms with E-state index in [1.165, 1.54) is 12.1 Å². The van der Waals surface area contributed by atoms with Gasteiger partial charge in [0.05, 0.1) is 0 Å². The number of hydrogen-bond acceptors (Lipinski definition) is 4. The number of amides is 1. The van der Waals surface area contributed by atoms with Gasteiger partial charge < -0.3 is 10.6 Å². The molecule has 0 saturated carbocycles. The van der Waals surface area contributed by atoms with E-state index in [2.05, 4.69) is 20.6 Å². The summed E-state index contributed by atoms with van der Waals surface area (Å²) >= 11 is 0. The molecule has 1 atom stereocenters. The van der Waals surface area contributed by atoms with Crippen LogP contribution in [0.25, 0.3) is 11.1 Å². The third-order valence-electron chi connectivity index (χ3n) is 4.18. The van der Waals surface area contributed by atoms with Gasteiger partial charge in [-0.05, 0) is 49.2 Å². The number of nitrogens with one attached hydrogen (secondary N) is 2. The van der Waals surface area contributed by atoms with Crippen LogP contribution in [0.5, 0.6) is 0 Å². The van der Waals surface area contributed by atoms with Crippen molar-refractivity contribution in [3.05, 3.63) is 72.3 Å². The number of carbonyl (C=O) groups excluding carboxylic acids is 1. The average Bonchev–Trinajstić information content (AvgIpc) is 2.68. The first-order valence-corrected chi connectivity index (χ1v) is 8.81. The Bertz CT molecular complexity index is 927. The maximum absolute atomic E-state index is 13.3. The van der Waals surface area contributed by atoms with Crippen molar-refractivity contribution in [2.45, 2.75) is 26.3 Å². The first-order chi connectivity index (χ1) is 13.0. The van der Waals surface area contributed by atoms with Crippen molar-refractivity contribution >= 4 is 17.5 Å². The van der Waals surface area contributed by atoms with Crippen molar-refractivity contribution < 1.29 is 9.18 Å². The minimum atomic E-state index is -0.304. The lowest BCUT2D eigenvalue weighted by molar-refractivity contribution is 0.0939. The van der Waals surface area contributed by atoms with E-state index < -0.39 is 0 Å². The van der Waals surface area contributed by atoms with E-state index in [1.54, 1.807) is 42.7 Å². The third-order valence-corrected chi connectivity index (χ3v) is 4.18. The topological polar surface area (TPSA) is 66.9 Å². The van der Waals surface area contributed by atoms with Gasteiger partial charge in [-0.25, -0.2) is 14.4 Å². The molecule has 1 heterocycles. The van der Waals surface area contributed by atoms with Gasteiger partial charge in [0.2, 0.25) is 5.95 Å². The van der Waals surface area contributed by atoms with Crippen LogP contribution in [0.1, 0.15) is 30.6 Å². The Kier molecular flexibility index (Phi) is 5.76. The molecule has 0 aliphatic rings. The molecule has 5 nitrogen and oxygen atoms in total. The minimum Gasteiger partial charge on any atom is -0.350 e. The second-order valence-corrected chi connectivity index (χ2v) is 6.29. The zero-order valence-corrected chi connectivity index (χ0v) is 15.2. The summed E-state index contributed by atoms with van der Waals surface area (Å²) in [6.07, 6.45) is 4.13. The lowest BCUT2D eigenvalue weighted by Gasteiger charge is -2.12. The maximum atomic E-state index is 13.3. The summed E-state index contributed by atoms with van der Waals surface area (Å²) in [6.45, 7) is 3.99. The second-order valence-electron chi connectivity index (χ2n) is 6.29. The summed E-state index contributed by atoms with van der Waals surface area (Å²) in [7, 11) is 0. The molecule has 0 fully saturated rings. The van der Waals surface area contributed by atoms with Gasteiger partial charge in [-0.2, -0.15) is 0 Å². The van der Waals surface area contributed by atoms with Crippen LogP contribution in [-0.2, 0) is 0 Å². The molecule has 2 N–H and O–H groups in total. The molecule has 3 rings (SSSR count). The van der Waals surface area contributed by atoms with Gasteiger partial charge >= 0.3 is 0 Å². The molecule has 0 radical (unpaired) electrons. The molecule has 1 amide bonds. The predicted octanol–water partition coefficient (Wildman–Crippen LogP) is 4.55. The number of nitrogens with zero attached hydrogens (tertiary/aromatic N) is 2. The Morgan fingerprint density at radius 2 is 1.81 bits per heavy atom. The highest BCUT2D eigenvalue weighted by Crippen LogP contribution is 2.20. The number of carbonyl (C=O) groups is 1. The molecule has 1 aromatic heterocycles. The van der Waals surface area contributed by atoms with E-state index in [-0.39, 0.29) is 17.8 Å². The molecule has 3 aromatic rings. The van der Waals surface area contributed by atoms with Crippen molar-refractivity contribution in [3.63, 3.8) is 0 Å². The zero-order chi connectivity index (χ0) is 19.2. The van der Waals surface area contributed by atoms with E-state index in [0.29, 0.717) is 22.8 Å². The van der Waals surface area contributed by atoms with Gasteiger partial charge in [0.15, 0.2) is 0 Å². The quantitative estimate of drug-likeness (QED) is 0.673. The van der Waals surface area contributed by atoms with E-state index in [1.807, 2.05) is 19.9 Å². The highest BCUT2D eigenvalue weighted by molar-refractivity contribution is 5.95. The largest absolute Gasteiger partial charge is 0.350 e. The summed E-state index contributed by atoms with van der Waals surface area (Å²) in [4.78, 5) is 20.8. The molecule has 138 valence electrons. The van der Waals surface area contributed by atoms with Crippen LogP contribution in [0.3, 0.4) is 0 Å². The van der Waals surface area contributed by atoms with Crippen molar-refractivity contribution in [2.24, 2.45) is 0 Å². The highest BCUT2D eigenvalue weighted by Gasteiger charge is 2.09. The maximum Gasteiger partial charge on any atom is 0.251 e. The first kappa shape index (κ1) is 18.5. The highest BCUT2D eigenvalue weighted by atomic mass is 19.1. The lowest BCUT2D eigenvalue weighted by Crippen LogP contribution is -2.31. The number of rotatable bonds is 6. The van der Waals surface area contributed by atoms with Crippen molar-refractivity contribution in [2.75, 3.05) is 5.32 Å². The van der Waals surface area contributed by atoms with Gasteiger partial charge in [-0.3, -0.25) is 4.79 Å². The number of hydrogen-bond donors (Lipinski definition) is 2. The molecule has 0 aliphatic heterocycles. The van der Waals surface area contributed by atoms with Crippen molar-refractivity contribution in [3.8, 4) is 11.1 Å². The first-order valence-electron chi connectivity index (χ1n) is 8.81. The number of benzene rings is 2. The average molecular weight is 364 g/mol. The molecule has 1 unspecified atom stereocenters. The molecule has 6 heteroatoms. The van der Waals surface area contributed by atoms with Crippen LogP contribution in [0.4, 0.5) is 16.0 Å². The van der Waals surface area contributed by atoms with Crippen LogP contribution in [0.2, 0.25) is 0 Å². The number of anilines is 2. The van der Waals surface area contributed by atoms with E-state index >= 15 is 0 Å². The Balaban J connectivity index is 1.72. The fourth-order valence-corrected chi connectivity index (χ4v) is 2.49. The molecule has 0 aliphatic carbocycles. The van der Waals surface area contributed by atoms with Gasteiger partial charge in [0.25, 0.3) is 5.91 Å². The Morgan fingerprint density at radius 1 is 1.07 bits per heavy atom. The monoisotopic (exact) mass is 364 g/mol. The minimum absolute atomic E-state index is 0.115. The molecule has 0 spiro atoms. The fourth-order valence-electron chi connectivity index (χ4n) is 2.49. The standard InChI is InChI=1S/C21H21FN4O/c1-3-14(2)25-20(27)16-7-5-9-19(11-16)26-21-23-12-17(13-24-21)15-6-4-8-18(22)10-15/h4-14H,3H2,1-2H3,(H,25,27)(H,23,24,26). The van der Waals surface area contributed by atoms with Crippen LogP contribution in [0, 0.1) is 5.82 Å². The van der Waals surface area contributed by atoms with Crippen LogP contribution >= 0.6 is 0 Å². The van der Waals surface area contributed by atoms with Gasteiger partial charge in [0, 0.05) is 35.2 Å². The smallest absolute Gasteiger partial charge is 0.251 e. The predicted molar refractivity (Wildman–Crippen MR) is 104 cm³/mol. The molecule has 0 saturated heterocycles. The summed E-state index contributed by atoms with van der Waals surface area (Å²) in [5, 5.41) is 6.02. The summed E-state index contributed by atoms with van der Waals surface area (Å²) in [6, 6.07) is 13.5. The van der Waals surface area contributed by atoms with Crippen LogP contribution < -0.4 is 10.6 Å². The zero-order valence-electron chi connectivity index (χ0n) is 15.2. The summed E-state index contributed by atoms with van der Waals surface area (Å²) in [5.41, 5.74) is 2.72. The third kappa shape index (κ3) is 4.88.